The van der Waals surface area contributed by atoms with Gasteiger partial charge in [-0.1, -0.05) is 32.1 Å². The molecule has 0 nitrogen and oxygen atoms in total. The van der Waals surface area contributed by atoms with E-state index in [-0.39, 0.29) is 0 Å². The van der Waals surface area contributed by atoms with Gasteiger partial charge in [-0.15, -0.1) is 0 Å². The molecule has 1 unspecified atom stereocenters. The maximum atomic E-state index is 2.26. The zero-order chi connectivity index (χ0) is 7.98. The van der Waals surface area contributed by atoms with Crippen molar-refractivity contribution >= 4 is 0 Å². The monoisotopic (exact) mass is 138 g/mol. The second-order valence-electron chi connectivity index (χ2n) is 2.60. The van der Waals surface area contributed by atoms with Crippen molar-refractivity contribution in [2.45, 2.75) is 34.1 Å². The Hall–Kier alpha value is -0.520. The first-order chi connectivity index (χ1) is 4.76. The molecular weight excluding hydrogens is 120 g/mol. The zero-order valence-corrected chi connectivity index (χ0v) is 7.52. The van der Waals surface area contributed by atoms with Crippen LogP contribution >= 0.6 is 0 Å². The van der Waals surface area contributed by atoms with Crippen LogP contribution in [0.3, 0.4) is 0 Å². The highest BCUT2D eigenvalue weighted by Crippen LogP contribution is 2.14. The van der Waals surface area contributed by atoms with Crippen molar-refractivity contribution < 1.29 is 0 Å². The maximum absolute atomic E-state index is 2.26. The Morgan fingerprint density at radius 3 is 2.30 bits per heavy atom. The summed E-state index contributed by atoms with van der Waals surface area (Å²) in [4.78, 5) is 0. The Labute approximate surface area is 64.6 Å². The minimum absolute atomic E-state index is 0.709. The number of allylic oxidation sites excluding steroid dienone is 4. The van der Waals surface area contributed by atoms with Gasteiger partial charge in [0.05, 0.1) is 0 Å². The summed E-state index contributed by atoms with van der Waals surface area (Å²) in [5, 5.41) is 0. The minimum Gasteiger partial charge on any atom is -0.0874 e. The predicted molar refractivity (Wildman–Crippen MR) is 48.0 cm³/mol. The van der Waals surface area contributed by atoms with E-state index in [2.05, 4.69) is 45.9 Å². The van der Waals surface area contributed by atoms with Crippen LogP contribution < -0.4 is 0 Å². The number of rotatable bonds is 3. The first-order valence-electron chi connectivity index (χ1n) is 4.05. The summed E-state index contributed by atoms with van der Waals surface area (Å²) in [6, 6.07) is 0. The minimum atomic E-state index is 0.709. The fourth-order valence-corrected chi connectivity index (χ4v) is 0.973. The van der Waals surface area contributed by atoms with E-state index in [9.17, 15) is 0 Å². The van der Waals surface area contributed by atoms with Crippen LogP contribution in [0.2, 0.25) is 0 Å². The summed E-state index contributed by atoms with van der Waals surface area (Å²) in [5.74, 6) is 0.709. The first kappa shape index (κ1) is 9.48. The molecule has 0 aliphatic heterocycles. The van der Waals surface area contributed by atoms with Crippen molar-refractivity contribution in [2.24, 2.45) is 5.92 Å². The summed E-state index contributed by atoms with van der Waals surface area (Å²) in [6.45, 7) is 8.64. The molecule has 0 aliphatic carbocycles. The van der Waals surface area contributed by atoms with Gasteiger partial charge < -0.3 is 0 Å². The standard InChI is InChI=1S/C10H18/c1-5-8-10(7-3)9(4)6-2/h5,7-9H,6H2,1-4H3. The van der Waals surface area contributed by atoms with Gasteiger partial charge in [-0.25, -0.2) is 0 Å². The normalized spacial score (nSPS) is 16.2. The summed E-state index contributed by atoms with van der Waals surface area (Å²) in [5.41, 5.74) is 1.45. The van der Waals surface area contributed by atoms with Crippen LogP contribution in [-0.4, -0.2) is 0 Å². The third kappa shape index (κ3) is 2.86. The van der Waals surface area contributed by atoms with Gasteiger partial charge in [-0.2, -0.15) is 0 Å². The molecule has 0 aliphatic rings. The van der Waals surface area contributed by atoms with Crippen molar-refractivity contribution in [1.82, 2.24) is 0 Å². The fourth-order valence-electron chi connectivity index (χ4n) is 0.973. The Balaban J connectivity index is 4.08. The molecule has 0 aromatic heterocycles. The van der Waals surface area contributed by atoms with Gasteiger partial charge >= 0.3 is 0 Å². The van der Waals surface area contributed by atoms with Gasteiger partial charge in [0.2, 0.25) is 0 Å². The zero-order valence-electron chi connectivity index (χ0n) is 7.52. The smallest absolute Gasteiger partial charge is 0.0196 e. The van der Waals surface area contributed by atoms with Gasteiger partial charge in [-0.3, -0.25) is 0 Å². The molecule has 0 fully saturated rings. The van der Waals surface area contributed by atoms with Crippen molar-refractivity contribution in [3.8, 4) is 0 Å². The Morgan fingerprint density at radius 2 is 2.00 bits per heavy atom. The molecule has 0 saturated carbocycles. The van der Waals surface area contributed by atoms with Crippen LogP contribution in [0.1, 0.15) is 34.1 Å². The van der Waals surface area contributed by atoms with E-state index in [1.54, 1.807) is 0 Å². The van der Waals surface area contributed by atoms with Crippen LogP contribution in [0.4, 0.5) is 0 Å². The summed E-state index contributed by atoms with van der Waals surface area (Å²) >= 11 is 0. The predicted octanol–water partition coefficient (Wildman–Crippen LogP) is 3.55. The van der Waals surface area contributed by atoms with E-state index in [1.165, 1.54) is 12.0 Å². The Bertz CT molecular complexity index is 129. The highest BCUT2D eigenvalue weighted by molar-refractivity contribution is 5.19. The lowest BCUT2D eigenvalue weighted by Crippen LogP contribution is -1.93. The summed E-state index contributed by atoms with van der Waals surface area (Å²) in [7, 11) is 0. The quantitative estimate of drug-likeness (QED) is 0.523. The van der Waals surface area contributed by atoms with Crippen LogP contribution in [0.5, 0.6) is 0 Å². The topological polar surface area (TPSA) is 0 Å². The third-order valence-electron chi connectivity index (χ3n) is 1.87. The van der Waals surface area contributed by atoms with E-state index < -0.39 is 0 Å². The van der Waals surface area contributed by atoms with Crippen LogP contribution in [-0.2, 0) is 0 Å². The van der Waals surface area contributed by atoms with Gasteiger partial charge in [0.15, 0.2) is 0 Å². The average Bonchev–Trinajstić information content (AvgIpc) is 1.99. The fraction of sp³-hybridized carbons (Fsp3) is 0.600. The SMILES string of the molecule is CC=CC(=CC)C(C)CC. The number of hydrogen-bond acceptors (Lipinski definition) is 0. The van der Waals surface area contributed by atoms with E-state index in [0.29, 0.717) is 5.92 Å². The highest BCUT2D eigenvalue weighted by Gasteiger charge is 1.99. The molecule has 0 aromatic rings. The van der Waals surface area contributed by atoms with E-state index in [1.807, 2.05) is 0 Å². The summed E-state index contributed by atoms with van der Waals surface area (Å²) in [6.07, 6.45) is 7.70. The average molecular weight is 138 g/mol. The van der Waals surface area contributed by atoms with E-state index in [4.69, 9.17) is 0 Å². The molecular formula is C10H18. The van der Waals surface area contributed by atoms with E-state index >= 15 is 0 Å². The molecule has 0 amide bonds. The molecule has 0 saturated heterocycles. The maximum Gasteiger partial charge on any atom is -0.0196 e. The number of hydrogen-bond donors (Lipinski definition) is 0. The molecule has 10 heavy (non-hydrogen) atoms. The molecule has 0 N–H and O–H groups in total. The Kier molecular flexibility index (Phi) is 5.00. The second-order valence-corrected chi connectivity index (χ2v) is 2.60. The van der Waals surface area contributed by atoms with Gasteiger partial charge in [-0.05, 0) is 31.8 Å². The molecule has 0 rings (SSSR count). The highest BCUT2D eigenvalue weighted by atomic mass is 14.0. The molecule has 0 heteroatoms. The second kappa shape index (κ2) is 5.28. The van der Waals surface area contributed by atoms with Crippen molar-refractivity contribution in [3.05, 3.63) is 23.8 Å². The van der Waals surface area contributed by atoms with Gasteiger partial charge in [0, 0.05) is 0 Å². The molecule has 58 valence electrons. The van der Waals surface area contributed by atoms with Crippen molar-refractivity contribution in [3.63, 3.8) is 0 Å². The lowest BCUT2D eigenvalue weighted by Gasteiger charge is -2.08. The molecule has 0 radical (unpaired) electrons. The largest absolute Gasteiger partial charge is 0.0874 e. The molecule has 0 bridgehead atoms. The molecule has 0 spiro atoms. The summed E-state index contributed by atoms with van der Waals surface area (Å²) < 4.78 is 0. The van der Waals surface area contributed by atoms with E-state index in [0.717, 1.165) is 0 Å². The van der Waals surface area contributed by atoms with Crippen molar-refractivity contribution in [1.29, 1.82) is 0 Å². The van der Waals surface area contributed by atoms with Crippen molar-refractivity contribution in [2.75, 3.05) is 0 Å². The molecule has 1 atom stereocenters. The molecule has 0 heterocycles. The third-order valence-corrected chi connectivity index (χ3v) is 1.87. The lowest BCUT2D eigenvalue weighted by molar-refractivity contribution is 0.669. The van der Waals surface area contributed by atoms with Gasteiger partial charge in [0.1, 0.15) is 0 Å². The molecule has 0 aromatic carbocycles. The van der Waals surface area contributed by atoms with Crippen LogP contribution in [0.15, 0.2) is 23.8 Å². The van der Waals surface area contributed by atoms with Crippen LogP contribution in [0, 0.1) is 5.92 Å². The first-order valence-corrected chi connectivity index (χ1v) is 4.05. The Morgan fingerprint density at radius 1 is 1.40 bits per heavy atom. The lowest BCUT2D eigenvalue weighted by atomic mass is 9.98. The van der Waals surface area contributed by atoms with Gasteiger partial charge in [0.25, 0.3) is 0 Å². The van der Waals surface area contributed by atoms with Crippen LogP contribution in [0.25, 0.3) is 0 Å².